The first-order valence-corrected chi connectivity index (χ1v) is 9.52. The van der Waals surface area contributed by atoms with Crippen LogP contribution in [0.3, 0.4) is 0 Å². The number of carbonyl (C=O) groups is 1. The predicted octanol–water partition coefficient (Wildman–Crippen LogP) is 1.65. The SMILES string of the molecule is Cc1nnc(NC(=O)CN(C)S(=O)(=O)c2cccc3cnccc23)s1. The van der Waals surface area contributed by atoms with Gasteiger partial charge in [0.15, 0.2) is 0 Å². The number of carbonyl (C=O) groups excluding carboxylic acids is 1. The van der Waals surface area contributed by atoms with E-state index in [1.54, 1.807) is 31.3 Å². The van der Waals surface area contributed by atoms with E-state index in [9.17, 15) is 13.2 Å². The molecule has 0 unspecified atom stereocenters. The molecule has 0 aliphatic heterocycles. The summed E-state index contributed by atoms with van der Waals surface area (Å²) < 4.78 is 26.7. The van der Waals surface area contributed by atoms with Crippen LogP contribution < -0.4 is 5.32 Å². The normalized spacial score (nSPS) is 11.8. The standard InChI is InChI=1S/C15H15N5O3S2/c1-10-18-19-15(24-10)17-14(21)9-20(2)25(22,23)13-5-3-4-11-8-16-7-6-12(11)13/h3-8H,9H2,1-2H3,(H,17,19,21). The molecule has 0 atom stereocenters. The molecule has 1 N–H and O–H groups in total. The van der Waals surface area contributed by atoms with Crippen LogP contribution in [-0.2, 0) is 14.8 Å². The number of rotatable bonds is 5. The second-order valence-corrected chi connectivity index (χ2v) is 8.48. The van der Waals surface area contributed by atoms with E-state index >= 15 is 0 Å². The van der Waals surface area contributed by atoms with Gasteiger partial charge < -0.3 is 0 Å². The molecular weight excluding hydrogens is 362 g/mol. The van der Waals surface area contributed by atoms with Gasteiger partial charge in [0, 0.05) is 30.2 Å². The van der Waals surface area contributed by atoms with Crippen molar-refractivity contribution in [2.24, 2.45) is 0 Å². The molecule has 0 saturated carbocycles. The minimum Gasteiger partial charge on any atom is -0.299 e. The van der Waals surface area contributed by atoms with Crippen molar-refractivity contribution in [2.45, 2.75) is 11.8 Å². The Hall–Kier alpha value is -2.43. The van der Waals surface area contributed by atoms with Crippen LogP contribution in [0, 0.1) is 6.92 Å². The van der Waals surface area contributed by atoms with Gasteiger partial charge in [-0.3, -0.25) is 15.1 Å². The van der Waals surface area contributed by atoms with Crippen LogP contribution in [0.1, 0.15) is 5.01 Å². The molecule has 1 amide bonds. The lowest BCUT2D eigenvalue weighted by atomic mass is 10.2. The highest BCUT2D eigenvalue weighted by Crippen LogP contribution is 2.24. The highest BCUT2D eigenvalue weighted by atomic mass is 32.2. The third-order valence-electron chi connectivity index (χ3n) is 3.47. The number of aryl methyl sites for hydroxylation is 1. The lowest BCUT2D eigenvalue weighted by Gasteiger charge is -2.17. The average Bonchev–Trinajstić information content (AvgIpc) is 2.98. The maximum absolute atomic E-state index is 12.8. The third kappa shape index (κ3) is 3.65. The van der Waals surface area contributed by atoms with Gasteiger partial charge >= 0.3 is 0 Å². The molecule has 25 heavy (non-hydrogen) atoms. The van der Waals surface area contributed by atoms with E-state index in [0.29, 0.717) is 20.9 Å². The fourth-order valence-electron chi connectivity index (χ4n) is 2.28. The number of nitrogens with one attached hydrogen (secondary N) is 1. The Morgan fingerprint density at radius 3 is 2.80 bits per heavy atom. The minimum absolute atomic E-state index is 0.134. The fourth-order valence-corrected chi connectivity index (χ4v) is 4.22. The van der Waals surface area contributed by atoms with Crippen molar-refractivity contribution in [3.8, 4) is 0 Å². The number of nitrogens with zero attached hydrogens (tertiary/aromatic N) is 4. The van der Waals surface area contributed by atoms with Crippen LogP contribution in [0.4, 0.5) is 5.13 Å². The van der Waals surface area contributed by atoms with Crippen molar-refractivity contribution < 1.29 is 13.2 Å². The number of hydrogen-bond acceptors (Lipinski definition) is 7. The number of sulfonamides is 1. The van der Waals surface area contributed by atoms with E-state index in [2.05, 4.69) is 20.5 Å². The second-order valence-electron chi connectivity index (χ2n) is 5.29. The van der Waals surface area contributed by atoms with Crippen molar-refractivity contribution in [3.63, 3.8) is 0 Å². The van der Waals surface area contributed by atoms with Gasteiger partial charge in [-0.2, -0.15) is 4.31 Å². The summed E-state index contributed by atoms with van der Waals surface area (Å²) in [6.45, 7) is 1.43. The number of likely N-dealkylation sites (N-methyl/N-ethyl adjacent to an activating group) is 1. The molecule has 0 aliphatic rings. The summed E-state index contributed by atoms with van der Waals surface area (Å²) in [6.07, 6.45) is 3.13. The molecule has 2 aromatic heterocycles. The van der Waals surface area contributed by atoms with Gasteiger partial charge in [-0.05, 0) is 19.1 Å². The van der Waals surface area contributed by atoms with Gasteiger partial charge in [-0.15, -0.1) is 10.2 Å². The average molecular weight is 377 g/mol. The molecule has 0 spiro atoms. The van der Waals surface area contributed by atoms with Crippen molar-refractivity contribution >= 4 is 43.2 Å². The molecule has 10 heteroatoms. The Labute approximate surface area is 148 Å². The summed E-state index contributed by atoms with van der Waals surface area (Å²) in [6, 6.07) is 6.58. The number of amides is 1. The number of benzene rings is 1. The van der Waals surface area contributed by atoms with Crippen LogP contribution in [-0.4, -0.2) is 47.4 Å². The van der Waals surface area contributed by atoms with E-state index in [1.807, 2.05) is 0 Å². The van der Waals surface area contributed by atoms with E-state index in [1.165, 1.54) is 30.6 Å². The molecule has 0 radical (unpaired) electrons. The smallest absolute Gasteiger partial charge is 0.243 e. The number of aromatic nitrogens is 3. The molecule has 8 nitrogen and oxygen atoms in total. The fraction of sp³-hybridized carbons (Fsp3) is 0.200. The first-order valence-electron chi connectivity index (χ1n) is 7.27. The van der Waals surface area contributed by atoms with Crippen LogP contribution in [0.25, 0.3) is 10.8 Å². The lowest BCUT2D eigenvalue weighted by molar-refractivity contribution is -0.116. The molecule has 0 fully saturated rings. The summed E-state index contributed by atoms with van der Waals surface area (Å²) in [7, 11) is -2.47. The summed E-state index contributed by atoms with van der Waals surface area (Å²) in [5, 5.41) is 12.4. The molecule has 130 valence electrons. The first kappa shape index (κ1) is 17.4. The zero-order chi connectivity index (χ0) is 18.0. The van der Waals surface area contributed by atoms with Crippen molar-refractivity contribution in [1.82, 2.24) is 19.5 Å². The zero-order valence-corrected chi connectivity index (χ0v) is 15.1. The molecule has 0 saturated heterocycles. The molecule has 3 rings (SSSR count). The first-order chi connectivity index (χ1) is 11.9. The second kappa shape index (κ2) is 6.82. The van der Waals surface area contributed by atoms with Crippen LogP contribution >= 0.6 is 11.3 Å². The van der Waals surface area contributed by atoms with Gasteiger partial charge in [0.05, 0.1) is 11.4 Å². The van der Waals surface area contributed by atoms with Crippen molar-refractivity contribution in [2.75, 3.05) is 18.9 Å². The predicted molar refractivity (Wildman–Crippen MR) is 94.8 cm³/mol. The minimum atomic E-state index is -3.84. The van der Waals surface area contributed by atoms with Crippen molar-refractivity contribution in [1.29, 1.82) is 0 Å². The van der Waals surface area contributed by atoms with Gasteiger partial charge in [0.25, 0.3) is 0 Å². The maximum Gasteiger partial charge on any atom is 0.243 e. The zero-order valence-electron chi connectivity index (χ0n) is 13.5. The molecule has 3 aromatic rings. The maximum atomic E-state index is 12.8. The number of hydrogen-bond donors (Lipinski definition) is 1. The third-order valence-corrected chi connectivity index (χ3v) is 6.08. The highest BCUT2D eigenvalue weighted by molar-refractivity contribution is 7.89. The largest absolute Gasteiger partial charge is 0.299 e. The number of pyridine rings is 1. The van der Waals surface area contributed by atoms with E-state index in [-0.39, 0.29) is 11.4 Å². The number of fused-ring (bicyclic) bond motifs is 1. The Bertz CT molecular complexity index is 1030. The Morgan fingerprint density at radius 1 is 1.28 bits per heavy atom. The summed E-state index contributed by atoms with van der Waals surface area (Å²) >= 11 is 1.22. The van der Waals surface area contributed by atoms with Crippen LogP contribution in [0.5, 0.6) is 0 Å². The van der Waals surface area contributed by atoms with Crippen LogP contribution in [0.2, 0.25) is 0 Å². The van der Waals surface area contributed by atoms with Gasteiger partial charge in [-0.25, -0.2) is 8.42 Å². The topological polar surface area (TPSA) is 105 Å². The monoisotopic (exact) mass is 377 g/mol. The van der Waals surface area contributed by atoms with E-state index < -0.39 is 15.9 Å². The van der Waals surface area contributed by atoms with E-state index in [0.717, 1.165) is 4.31 Å². The molecular formula is C15H15N5O3S2. The van der Waals surface area contributed by atoms with Crippen molar-refractivity contribution in [3.05, 3.63) is 41.7 Å². The molecule has 0 aliphatic carbocycles. The van der Waals surface area contributed by atoms with Gasteiger partial charge in [0.1, 0.15) is 5.01 Å². The lowest BCUT2D eigenvalue weighted by Crippen LogP contribution is -2.35. The quantitative estimate of drug-likeness (QED) is 0.725. The summed E-state index contributed by atoms with van der Waals surface area (Å²) in [5.41, 5.74) is 0. The number of anilines is 1. The molecule has 2 heterocycles. The summed E-state index contributed by atoms with van der Waals surface area (Å²) in [5.74, 6) is -0.482. The molecule has 0 bridgehead atoms. The highest BCUT2D eigenvalue weighted by Gasteiger charge is 2.25. The Morgan fingerprint density at radius 2 is 2.08 bits per heavy atom. The Kier molecular flexibility index (Phi) is 4.75. The van der Waals surface area contributed by atoms with Crippen LogP contribution in [0.15, 0.2) is 41.6 Å². The van der Waals surface area contributed by atoms with Gasteiger partial charge in [0.2, 0.25) is 21.1 Å². The Balaban J connectivity index is 1.82. The molecule has 1 aromatic carbocycles. The summed E-state index contributed by atoms with van der Waals surface area (Å²) in [4.78, 5) is 16.2. The van der Waals surface area contributed by atoms with Gasteiger partial charge in [-0.1, -0.05) is 23.5 Å². The van der Waals surface area contributed by atoms with E-state index in [4.69, 9.17) is 0 Å².